The molecule has 0 aliphatic carbocycles. The maximum absolute atomic E-state index is 14.3. The van der Waals surface area contributed by atoms with Gasteiger partial charge in [-0.2, -0.15) is 0 Å². The van der Waals surface area contributed by atoms with Gasteiger partial charge in [-0.3, -0.25) is 9.36 Å². The van der Waals surface area contributed by atoms with E-state index in [-0.39, 0.29) is 24.5 Å². The van der Waals surface area contributed by atoms with Gasteiger partial charge in [0.1, 0.15) is 6.04 Å². The summed E-state index contributed by atoms with van der Waals surface area (Å²) in [5, 5.41) is 0. The van der Waals surface area contributed by atoms with Gasteiger partial charge < -0.3 is 23.7 Å². The number of benzene rings is 3. The van der Waals surface area contributed by atoms with E-state index in [9.17, 15) is 9.59 Å². The summed E-state index contributed by atoms with van der Waals surface area (Å²) in [5.74, 6) is 1.66. The monoisotopic (exact) mass is 598 g/mol. The fraction of sp³-hybridized carbons (Fsp3) is 0.242. The van der Waals surface area contributed by atoms with Crippen LogP contribution in [0.1, 0.15) is 43.0 Å². The first-order valence-corrected chi connectivity index (χ1v) is 14.8. The van der Waals surface area contributed by atoms with Crippen LogP contribution >= 0.6 is 11.3 Å². The molecular weight excluding hydrogens is 568 g/mol. The van der Waals surface area contributed by atoms with Gasteiger partial charge in [0.05, 0.1) is 36.1 Å². The molecule has 9 nitrogen and oxygen atoms in total. The maximum atomic E-state index is 14.3. The molecular formula is C33H30N2O7S. The summed E-state index contributed by atoms with van der Waals surface area (Å²) in [6, 6.07) is 19.5. The Morgan fingerprint density at radius 1 is 1.07 bits per heavy atom. The molecule has 0 fully saturated rings. The van der Waals surface area contributed by atoms with Crippen LogP contribution in [-0.4, -0.2) is 37.7 Å². The lowest BCUT2D eigenvalue weighted by Crippen LogP contribution is -2.40. The third-order valence-electron chi connectivity index (χ3n) is 7.04. The minimum atomic E-state index is -0.897. The Morgan fingerprint density at radius 3 is 2.65 bits per heavy atom. The number of aromatic nitrogens is 1. The molecule has 0 N–H and O–H groups in total. The SMILES string of the molecule is CCCOc1c(OC)cccc1[C@H]1C(C(=O)OCC)=C(c2ccccc2)N=c2s/c(=C\c3ccc4c(c3)OCO4)c(=O)n21. The zero-order valence-corrected chi connectivity index (χ0v) is 24.8. The Labute approximate surface area is 251 Å². The summed E-state index contributed by atoms with van der Waals surface area (Å²) in [6.45, 7) is 4.48. The van der Waals surface area contributed by atoms with Crippen LogP contribution in [0.2, 0.25) is 0 Å². The first-order valence-electron chi connectivity index (χ1n) is 14.0. The average molecular weight is 599 g/mol. The topological polar surface area (TPSA) is 97.6 Å². The molecule has 0 unspecified atom stereocenters. The van der Waals surface area contributed by atoms with Crippen LogP contribution in [0, 0.1) is 0 Å². The highest BCUT2D eigenvalue weighted by Crippen LogP contribution is 2.42. The highest BCUT2D eigenvalue weighted by molar-refractivity contribution is 7.07. The molecule has 2 aliphatic heterocycles. The quantitative estimate of drug-likeness (QED) is 0.263. The lowest BCUT2D eigenvalue weighted by molar-refractivity contribution is -0.138. The van der Waals surface area contributed by atoms with Crippen LogP contribution in [0.15, 0.2) is 82.1 Å². The second-order valence-electron chi connectivity index (χ2n) is 9.77. The number of thiazole rings is 1. The summed E-state index contributed by atoms with van der Waals surface area (Å²) < 4.78 is 30.4. The van der Waals surface area contributed by atoms with Gasteiger partial charge in [-0.1, -0.05) is 66.8 Å². The van der Waals surface area contributed by atoms with Crippen molar-refractivity contribution >= 4 is 29.1 Å². The summed E-state index contributed by atoms with van der Waals surface area (Å²) >= 11 is 1.25. The summed E-state index contributed by atoms with van der Waals surface area (Å²) in [5.41, 5.74) is 2.46. The van der Waals surface area contributed by atoms with Crippen molar-refractivity contribution in [3.05, 3.63) is 109 Å². The molecule has 2 aliphatic rings. The van der Waals surface area contributed by atoms with Gasteiger partial charge in [-0.05, 0) is 43.2 Å². The van der Waals surface area contributed by atoms with Crippen LogP contribution < -0.4 is 33.8 Å². The van der Waals surface area contributed by atoms with Crippen molar-refractivity contribution < 1.29 is 28.5 Å². The smallest absolute Gasteiger partial charge is 0.338 e. The number of carbonyl (C=O) groups is 1. The van der Waals surface area contributed by atoms with Crippen molar-refractivity contribution in [2.45, 2.75) is 26.3 Å². The van der Waals surface area contributed by atoms with Gasteiger partial charge in [0.15, 0.2) is 27.8 Å². The molecule has 0 saturated heterocycles. The molecule has 0 saturated carbocycles. The first kappa shape index (κ1) is 28.3. The van der Waals surface area contributed by atoms with Gasteiger partial charge in [0.25, 0.3) is 5.56 Å². The van der Waals surface area contributed by atoms with E-state index >= 15 is 0 Å². The number of nitrogens with zero attached hydrogens (tertiary/aromatic N) is 2. The maximum Gasteiger partial charge on any atom is 0.338 e. The van der Waals surface area contributed by atoms with E-state index in [1.54, 1.807) is 30.7 Å². The number of ether oxygens (including phenoxy) is 5. The zero-order valence-electron chi connectivity index (χ0n) is 24.0. The summed E-state index contributed by atoms with van der Waals surface area (Å²) in [4.78, 5) is 33.4. The number of fused-ring (bicyclic) bond motifs is 2. The van der Waals surface area contributed by atoms with Crippen molar-refractivity contribution in [1.29, 1.82) is 0 Å². The van der Waals surface area contributed by atoms with Gasteiger partial charge in [-0.25, -0.2) is 9.79 Å². The first-order chi connectivity index (χ1) is 21.0. The summed E-state index contributed by atoms with van der Waals surface area (Å²) in [6.07, 6.45) is 2.55. The fourth-order valence-electron chi connectivity index (χ4n) is 5.16. The number of rotatable bonds is 9. The largest absolute Gasteiger partial charge is 0.493 e. The third-order valence-corrected chi connectivity index (χ3v) is 8.03. The second-order valence-corrected chi connectivity index (χ2v) is 10.8. The molecule has 4 aromatic rings. The highest BCUT2D eigenvalue weighted by Gasteiger charge is 2.37. The van der Waals surface area contributed by atoms with E-state index in [4.69, 9.17) is 28.7 Å². The van der Waals surface area contributed by atoms with E-state index < -0.39 is 12.0 Å². The Hall–Kier alpha value is -4.83. The number of para-hydroxylation sites is 1. The molecule has 1 atom stereocenters. The zero-order chi connectivity index (χ0) is 29.9. The van der Waals surface area contributed by atoms with Crippen molar-refractivity contribution in [1.82, 2.24) is 4.57 Å². The minimum Gasteiger partial charge on any atom is -0.493 e. The molecule has 0 amide bonds. The van der Waals surface area contributed by atoms with Gasteiger partial charge in [-0.15, -0.1) is 0 Å². The van der Waals surface area contributed by atoms with Crippen LogP contribution in [-0.2, 0) is 9.53 Å². The normalized spacial score (nSPS) is 15.6. The van der Waals surface area contributed by atoms with Gasteiger partial charge in [0, 0.05) is 11.1 Å². The minimum absolute atomic E-state index is 0.156. The van der Waals surface area contributed by atoms with Crippen LogP contribution in [0.3, 0.4) is 0 Å². The predicted molar refractivity (Wildman–Crippen MR) is 162 cm³/mol. The van der Waals surface area contributed by atoms with E-state index in [1.165, 1.54) is 11.3 Å². The lowest BCUT2D eigenvalue weighted by atomic mass is 9.92. The Kier molecular flexibility index (Phi) is 8.02. The standard InChI is InChI=1S/C33H30N2O7S/c1-4-16-40-30-22(12-9-13-24(30)38-3)29-27(32(37)39-5-2)28(21-10-7-6-8-11-21)34-33-35(29)31(36)26(43-33)18-20-14-15-23-25(17-20)42-19-41-23/h6-15,17-18,29H,4-5,16,19H2,1-3H3/b26-18-/t29-/m0/s1. The van der Waals surface area contributed by atoms with E-state index in [2.05, 4.69) is 0 Å². The number of carbonyl (C=O) groups excluding carboxylic acids is 1. The Bertz CT molecular complexity index is 1890. The third kappa shape index (κ3) is 5.30. The van der Waals surface area contributed by atoms with Crippen molar-refractivity contribution in [3.63, 3.8) is 0 Å². The number of hydrogen-bond donors (Lipinski definition) is 0. The van der Waals surface area contributed by atoms with E-state index in [0.29, 0.717) is 50.2 Å². The van der Waals surface area contributed by atoms with Crippen LogP contribution in [0.5, 0.6) is 23.0 Å². The number of methoxy groups -OCH3 is 1. The molecule has 6 rings (SSSR count). The van der Waals surface area contributed by atoms with Crippen LogP contribution in [0.25, 0.3) is 11.8 Å². The molecule has 3 aromatic carbocycles. The predicted octanol–water partition coefficient (Wildman–Crippen LogP) is 4.46. The molecule has 220 valence electrons. The molecule has 0 spiro atoms. The average Bonchev–Trinajstić information content (AvgIpc) is 3.63. The van der Waals surface area contributed by atoms with Crippen molar-refractivity contribution in [2.75, 3.05) is 27.1 Å². The number of esters is 1. The highest BCUT2D eigenvalue weighted by atomic mass is 32.1. The molecule has 1 aromatic heterocycles. The molecule has 43 heavy (non-hydrogen) atoms. The lowest BCUT2D eigenvalue weighted by Gasteiger charge is -2.27. The van der Waals surface area contributed by atoms with Crippen LogP contribution in [0.4, 0.5) is 0 Å². The second kappa shape index (κ2) is 12.2. The van der Waals surface area contributed by atoms with Gasteiger partial charge >= 0.3 is 5.97 Å². The van der Waals surface area contributed by atoms with E-state index in [0.717, 1.165) is 17.5 Å². The Balaban J connectivity index is 1.65. The molecule has 10 heteroatoms. The molecule has 0 bridgehead atoms. The molecule has 0 radical (unpaired) electrons. The van der Waals surface area contributed by atoms with E-state index in [1.807, 2.05) is 67.6 Å². The number of hydrogen-bond acceptors (Lipinski definition) is 9. The Morgan fingerprint density at radius 2 is 1.88 bits per heavy atom. The van der Waals surface area contributed by atoms with Gasteiger partial charge in [0.2, 0.25) is 6.79 Å². The molecule has 3 heterocycles. The summed E-state index contributed by atoms with van der Waals surface area (Å²) in [7, 11) is 1.56. The van der Waals surface area contributed by atoms with Crippen molar-refractivity contribution in [2.24, 2.45) is 4.99 Å². The fourth-order valence-corrected chi connectivity index (χ4v) is 6.16. The van der Waals surface area contributed by atoms with Crippen molar-refractivity contribution in [3.8, 4) is 23.0 Å².